The van der Waals surface area contributed by atoms with Crippen LogP contribution in [0.3, 0.4) is 0 Å². The molecule has 1 aliphatic carbocycles. The third kappa shape index (κ3) is 2.59. The van der Waals surface area contributed by atoms with Crippen molar-refractivity contribution in [2.45, 2.75) is 13.3 Å². The molecular weight excluding hydrogens is 292 g/mol. The molecule has 0 amide bonds. The predicted molar refractivity (Wildman–Crippen MR) is 100 cm³/mol. The van der Waals surface area contributed by atoms with Crippen LogP contribution in [0.15, 0.2) is 84.5 Å². The van der Waals surface area contributed by atoms with E-state index >= 15 is 0 Å². The van der Waals surface area contributed by atoms with Crippen molar-refractivity contribution >= 4 is 22.1 Å². The van der Waals surface area contributed by atoms with Gasteiger partial charge in [0.15, 0.2) is 5.78 Å². The Hall–Kier alpha value is -2.93. The molecule has 3 aromatic carbocycles. The van der Waals surface area contributed by atoms with Crippen molar-refractivity contribution in [1.29, 1.82) is 0 Å². The number of hydrogen-bond donors (Lipinski definition) is 0. The van der Waals surface area contributed by atoms with Crippen LogP contribution in [0.2, 0.25) is 0 Å². The third-order valence-corrected chi connectivity index (χ3v) is 4.56. The van der Waals surface area contributed by atoms with E-state index in [1.54, 1.807) is 0 Å². The highest BCUT2D eigenvalue weighted by Crippen LogP contribution is 2.33. The van der Waals surface area contributed by atoms with Crippen molar-refractivity contribution in [1.82, 2.24) is 0 Å². The van der Waals surface area contributed by atoms with Gasteiger partial charge in [-0.1, -0.05) is 72.3 Å². The molecule has 4 rings (SSSR count). The first kappa shape index (κ1) is 14.6. The third-order valence-electron chi connectivity index (χ3n) is 4.56. The van der Waals surface area contributed by atoms with E-state index in [4.69, 9.17) is 0 Å². The topological polar surface area (TPSA) is 17.1 Å². The lowest BCUT2D eigenvalue weighted by Crippen LogP contribution is -2.05. The molecule has 1 heteroatoms. The summed E-state index contributed by atoms with van der Waals surface area (Å²) >= 11 is 0. The molecule has 1 aliphatic rings. The van der Waals surface area contributed by atoms with Crippen LogP contribution in [0.4, 0.5) is 0 Å². The summed E-state index contributed by atoms with van der Waals surface area (Å²) in [7, 11) is 0. The normalized spacial score (nSPS) is 13.7. The zero-order chi connectivity index (χ0) is 16.5. The van der Waals surface area contributed by atoms with Crippen molar-refractivity contribution in [3.05, 3.63) is 101 Å². The van der Waals surface area contributed by atoms with Gasteiger partial charge >= 0.3 is 0 Å². The molecule has 116 valence electrons. The Kier molecular flexibility index (Phi) is 3.62. The minimum Gasteiger partial charge on any atom is -0.289 e. The van der Waals surface area contributed by atoms with Crippen molar-refractivity contribution in [2.24, 2.45) is 0 Å². The molecule has 0 unspecified atom stereocenters. The van der Waals surface area contributed by atoms with Gasteiger partial charge in [-0.25, -0.2) is 0 Å². The molecule has 0 saturated heterocycles. The minimum absolute atomic E-state index is 0.0850. The second-order valence-electron chi connectivity index (χ2n) is 6.26. The number of allylic oxidation sites excluding steroid dienone is 4. The van der Waals surface area contributed by atoms with Crippen LogP contribution in [0.5, 0.6) is 0 Å². The molecule has 0 spiro atoms. The Morgan fingerprint density at radius 2 is 1.54 bits per heavy atom. The van der Waals surface area contributed by atoms with Gasteiger partial charge < -0.3 is 0 Å². The molecule has 0 bridgehead atoms. The van der Waals surface area contributed by atoms with Crippen LogP contribution >= 0.6 is 0 Å². The van der Waals surface area contributed by atoms with Crippen LogP contribution < -0.4 is 0 Å². The number of carbonyl (C=O) groups excluding carboxylic acids is 1. The highest BCUT2D eigenvalue weighted by molar-refractivity contribution is 6.13. The Morgan fingerprint density at radius 1 is 0.875 bits per heavy atom. The van der Waals surface area contributed by atoms with Gasteiger partial charge in [-0.2, -0.15) is 0 Å². The Morgan fingerprint density at radius 3 is 2.21 bits per heavy atom. The lowest BCUT2D eigenvalue weighted by atomic mass is 9.90. The smallest absolute Gasteiger partial charge is 0.193 e. The predicted octanol–water partition coefficient (Wildman–Crippen LogP) is 5.80. The molecule has 1 nitrogen and oxygen atoms in total. The van der Waals surface area contributed by atoms with E-state index in [2.05, 4.69) is 37.3 Å². The van der Waals surface area contributed by atoms with E-state index in [0.717, 1.165) is 28.5 Å². The number of benzene rings is 3. The number of ketones is 1. The van der Waals surface area contributed by atoms with Crippen LogP contribution in [0.25, 0.3) is 16.3 Å². The molecule has 0 aromatic heterocycles. The van der Waals surface area contributed by atoms with Gasteiger partial charge in [0.25, 0.3) is 0 Å². The maximum absolute atomic E-state index is 13.1. The molecule has 0 fully saturated rings. The van der Waals surface area contributed by atoms with Gasteiger partial charge in [0.2, 0.25) is 0 Å². The molecule has 0 aliphatic heterocycles. The number of carbonyl (C=O) groups is 1. The van der Waals surface area contributed by atoms with E-state index in [0.29, 0.717) is 0 Å². The molecule has 0 heterocycles. The number of fused-ring (bicyclic) bond motifs is 1. The SMILES string of the molecule is CC1=CCC(c2cc3ccccc3cc2C(=O)c2ccccc2)=C1. The van der Waals surface area contributed by atoms with E-state index in [9.17, 15) is 4.79 Å². The fourth-order valence-electron chi connectivity index (χ4n) is 3.29. The zero-order valence-electron chi connectivity index (χ0n) is 13.6. The summed E-state index contributed by atoms with van der Waals surface area (Å²) in [6.07, 6.45) is 5.28. The van der Waals surface area contributed by atoms with E-state index in [1.807, 2.05) is 48.5 Å². The first-order valence-corrected chi connectivity index (χ1v) is 8.22. The summed E-state index contributed by atoms with van der Waals surface area (Å²) in [4.78, 5) is 13.1. The maximum atomic E-state index is 13.1. The van der Waals surface area contributed by atoms with Gasteiger partial charge in [-0.3, -0.25) is 4.79 Å². The first-order valence-electron chi connectivity index (χ1n) is 8.22. The van der Waals surface area contributed by atoms with Crippen molar-refractivity contribution < 1.29 is 4.79 Å². The van der Waals surface area contributed by atoms with Crippen LogP contribution in [0, 0.1) is 0 Å². The monoisotopic (exact) mass is 310 g/mol. The summed E-state index contributed by atoms with van der Waals surface area (Å²) in [5.41, 5.74) is 5.05. The van der Waals surface area contributed by atoms with Gasteiger partial charge in [-0.15, -0.1) is 0 Å². The minimum atomic E-state index is 0.0850. The standard InChI is InChI=1S/C23H18O/c1-16-11-12-20(13-16)21-14-18-9-5-6-10-19(18)15-22(21)23(24)17-7-3-2-4-8-17/h2-11,13-15H,12H2,1H3. The first-order chi connectivity index (χ1) is 11.7. The zero-order valence-corrected chi connectivity index (χ0v) is 13.6. The molecular formula is C23H18O. The summed E-state index contributed by atoms with van der Waals surface area (Å²) in [6.45, 7) is 2.10. The number of rotatable bonds is 3. The van der Waals surface area contributed by atoms with E-state index in [-0.39, 0.29) is 5.78 Å². The van der Waals surface area contributed by atoms with Gasteiger partial charge in [0, 0.05) is 11.1 Å². The lowest BCUT2D eigenvalue weighted by molar-refractivity contribution is 0.103. The van der Waals surface area contributed by atoms with E-state index in [1.165, 1.54) is 16.5 Å². The maximum Gasteiger partial charge on any atom is 0.193 e. The van der Waals surface area contributed by atoms with Gasteiger partial charge in [0.05, 0.1) is 0 Å². The second-order valence-corrected chi connectivity index (χ2v) is 6.26. The summed E-state index contributed by atoms with van der Waals surface area (Å²) in [5.74, 6) is 0.0850. The molecule has 0 radical (unpaired) electrons. The summed E-state index contributed by atoms with van der Waals surface area (Å²) in [6, 6.07) is 21.9. The molecule has 3 aromatic rings. The van der Waals surface area contributed by atoms with E-state index < -0.39 is 0 Å². The quantitative estimate of drug-likeness (QED) is 0.558. The van der Waals surface area contributed by atoms with Crippen LogP contribution in [0.1, 0.15) is 34.8 Å². The summed E-state index contributed by atoms with van der Waals surface area (Å²) < 4.78 is 0. The molecule has 0 saturated carbocycles. The molecule has 0 atom stereocenters. The average Bonchev–Trinajstić information content (AvgIpc) is 3.07. The fraction of sp³-hybridized carbons (Fsp3) is 0.0870. The Labute approximate surface area is 142 Å². The van der Waals surface area contributed by atoms with Gasteiger partial charge in [-0.05, 0) is 47.4 Å². The van der Waals surface area contributed by atoms with Crippen molar-refractivity contribution in [3.8, 4) is 0 Å². The molecule has 24 heavy (non-hydrogen) atoms. The van der Waals surface area contributed by atoms with Crippen LogP contribution in [-0.2, 0) is 0 Å². The Bertz CT molecular complexity index is 991. The van der Waals surface area contributed by atoms with Gasteiger partial charge in [0.1, 0.15) is 0 Å². The highest BCUT2D eigenvalue weighted by Gasteiger charge is 2.18. The summed E-state index contributed by atoms with van der Waals surface area (Å²) in [5, 5.41) is 2.27. The van der Waals surface area contributed by atoms with Crippen molar-refractivity contribution in [2.75, 3.05) is 0 Å². The van der Waals surface area contributed by atoms with Crippen molar-refractivity contribution in [3.63, 3.8) is 0 Å². The lowest BCUT2D eigenvalue weighted by Gasteiger charge is -2.12. The molecule has 0 N–H and O–H groups in total. The van der Waals surface area contributed by atoms with Crippen LogP contribution in [-0.4, -0.2) is 5.78 Å². The second kappa shape index (κ2) is 5.93. The number of hydrogen-bond acceptors (Lipinski definition) is 1. The highest BCUT2D eigenvalue weighted by atomic mass is 16.1. The largest absolute Gasteiger partial charge is 0.289 e. The fourth-order valence-corrected chi connectivity index (χ4v) is 3.29. The average molecular weight is 310 g/mol. The Balaban J connectivity index is 1.92.